The normalized spacial score (nSPS) is 10.6. The van der Waals surface area contributed by atoms with Crippen molar-refractivity contribution < 1.29 is 4.39 Å². The molecule has 0 fully saturated rings. The molecular formula is C9H6ClFN2. The van der Waals surface area contributed by atoms with Crippen LogP contribution in [0.1, 0.15) is 0 Å². The zero-order valence-corrected chi connectivity index (χ0v) is 7.35. The lowest BCUT2D eigenvalue weighted by Crippen LogP contribution is -1.92. The van der Waals surface area contributed by atoms with Gasteiger partial charge in [-0.15, -0.1) is 0 Å². The summed E-state index contributed by atoms with van der Waals surface area (Å²) in [6.07, 6.45) is 0. The van der Waals surface area contributed by atoms with Crippen molar-refractivity contribution in [3.05, 3.63) is 35.1 Å². The van der Waals surface area contributed by atoms with Gasteiger partial charge in [0.2, 0.25) is 0 Å². The summed E-state index contributed by atoms with van der Waals surface area (Å²) in [6.45, 7) is 0. The molecule has 4 heteroatoms. The molecule has 0 radical (unpaired) electrons. The highest BCUT2D eigenvalue weighted by Gasteiger charge is 2.06. The SMILES string of the molecule is Nc1ccc2ccc(Cl)c(F)c2n1. The van der Waals surface area contributed by atoms with Crippen LogP contribution >= 0.6 is 11.6 Å². The van der Waals surface area contributed by atoms with E-state index in [1.165, 1.54) is 6.07 Å². The van der Waals surface area contributed by atoms with Crippen LogP contribution in [0.25, 0.3) is 10.9 Å². The third-order valence-electron chi connectivity index (χ3n) is 1.77. The van der Waals surface area contributed by atoms with Crippen LogP contribution in [0, 0.1) is 5.82 Å². The molecule has 0 atom stereocenters. The Hall–Kier alpha value is -1.35. The summed E-state index contributed by atoms with van der Waals surface area (Å²) >= 11 is 5.58. The van der Waals surface area contributed by atoms with E-state index >= 15 is 0 Å². The van der Waals surface area contributed by atoms with Crippen LogP contribution in [0.15, 0.2) is 24.3 Å². The fraction of sp³-hybridized carbons (Fsp3) is 0. The van der Waals surface area contributed by atoms with Crippen LogP contribution in [-0.2, 0) is 0 Å². The fourth-order valence-corrected chi connectivity index (χ4v) is 1.30. The topological polar surface area (TPSA) is 38.9 Å². The van der Waals surface area contributed by atoms with Crippen molar-refractivity contribution in [1.82, 2.24) is 4.98 Å². The van der Waals surface area contributed by atoms with Gasteiger partial charge in [0.25, 0.3) is 0 Å². The third-order valence-corrected chi connectivity index (χ3v) is 2.07. The smallest absolute Gasteiger partial charge is 0.168 e. The maximum atomic E-state index is 13.3. The molecule has 13 heavy (non-hydrogen) atoms. The van der Waals surface area contributed by atoms with Gasteiger partial charge in [-0.05, 0) is 18.2 Å². The zero-order chi connectivity index (χ0) is 9.42. The maximum Gasteiger partial charge on any atom is 0.168 e. The molecule has 0 bridgehead atoms. The van der Waals surface area contributed by atoms with Gasteiger partial charge in [-0.25, -0.2) is 9.37 Å². The molecule has 0 saturated carbocycles. The van der Waals surface area contributed by atoms with Gasteiger partial charge in [0.15, 0.2) is 5.82 Å². The Balaban J connectivity index is 2.89. The molecule has 66 valence electrons. The van der Waals surface area contributed by atoms with Crippen LogP contribution in [0.2, 0.25) is 5.02 Å². The van der Waals surface area contributed by atoms with E-state index in [1.54, 1.807) is 18.2 Å². The number of benzene rings is 1. The summed E-state index contributed by atoms with van der Waals surface area (Å²) in [7, 11) is 0. The van der Waals surface area contributed by atoms with E-state index in [9.17, 15) is 4.39 Å². The first-order valence-corrected chi connectivity index (χ1v) is 4.06. The predicted octanol–water partition coefficient (Wildman–Crippen LogP) is 2.61. The predicted molar refractivity (Wildman–Crippen MR) is 51.1 cm³/mol. The second kappa shape index (κ2) is 2.85. The van der Waals surface area contributed by atoms with E-state index in [0.29, 0.717) is 5.39 Å². The standard InChI is InChI=1S/C9H6ClFN2/c10-6-3-1-5-2-4-7(12)13-9(5)8(6)11/h1-4H,(H2,12,13). The summed E-state index contributed by atoms with van der Waals surface area (Å²) in [5.41, 5.74) is 5.64. The van der Waals surface area contributed by atoms with Crippen molar-refractivity contribution >= 4 is 28.3 Å². The molecular weight excluding hydrogens is 191 g/mol. The molecule has 0 saturated heterocycles. The monoisotopic (exact) mass is 196 g/mol. The Labute approximate surface area is 79.1 Å². The molecule has 2 nitrogen and oxygen atoms in total. The average molecular weight is 197 g/mol. The van der Waals surface area contributed by atoms with Crippen molar-refractivity contribution in [2.24, 2.45) is 0 Å². The van der Waals surface area contributed by atoms with Crippen molar-refractivity contribution in [3.63, 3.8) is 0 Å². The van der Waals surface area contributed by atoms with Crippen LogP contribution in [0.5, 0.6) is 0 Å². The van der Waals surface area contributed by atoms with Gasteiger partial charge < -0.3 is 5.73 Å². The number of nitrogens with two attached hydrogens (primary N) is 1. The minimum absolute atomic E-state index is 0.0607. The van der Waals surface area contributed by atoms with Crippen molar-refractivity contribution in [1.29, 1.82) is 0 Å². The first-order chi connectivity index (χ1) is 6.18. The number of pyridine rings is 1. The lowest BCUT2D eigenvalue weighted by Gasteiger charge is -2.00. The number of hydrogen-bond donors (Lipinski definition) is 1. The lowest BCUT2D eigenvalue weighted by atomic mass is 10.2. The fourth-order valence-electron chi connectivity index (χ4n) is 1.14. The third kappa shape index (κ3) is 1.31. The molecule has 0 aliphatic carbocycles. The number of fused-ring (bicyclic) bond motifs is 1. The number of rotatable bonds is 0. The highest BCUT2D eigenvalue weighted by Crippen LogP contribution is 2.23. The first-order valence-electron chi connectivity index (χ1n) is 3.69. The molecule has 2 aromatic rings. The Bertz CT molecular complexity index is 465. The molecule has 0 aliphatic heterocycles. The molecule has 2 N–H and O–H groups in total. The molecule has 1 heterocycles. The van der Waals surface area contributed by atoms with Crippen LogP contribution < -0.4 is 5.73 Å². The van der Waals surface area contributed by atoms with Gasteiger partial charge in [-0.2, -0.15) is 0 Å². The van der Waals surface area contributed by atoms with E-state index in [1.807, 2.05) is 0 Å². The number of nitrogens with zero attached hydrogens (tertiary/aromatic N) is 1. The van der Waals surface area contributed by atoms with E-state index in [0.717, 1.165) is 0 Å². The highest BCUT2D eigenvalue weighted by molar-refractivity contribution is 6.31. The number of hydrogen-bond acceptors (Lipinski definition) is 2. The minimum atomic E-state index is -0.522. The van der Waals surface area contributed by atoms with Crippen molar-refractivity contribution in [2.75, 3.05) is 5.73 Å². The van der Waals surface area contributed by atoms with E-state index in [-0.39, 0.29) is 16.4 Å². The maximum absolute atomic E-state index is 13.3. The average Bonchev–Trinajstić information content (AvgIpc) is 2.12. The lowest BCUT2D eigenvalue weighted by molar-refractivity contribution is 0.637. The zero-order valence-electron chi connectivity index (χ0n) is 6.59. The Morgan fingerprint density at radius 3 is 2.69 bits per heavy atom. The quantitative estimate of drug-likeness (QED) is 0.704. The molecule has 0 spiro atoms. The van der Waals surface area contributed by atoms with Crippen LogP contribution in [0.3, 0.4) is 0 Å². The van der Waals surface area contributed by atoms with E-state index in [2.05, 4.69) is 4.98 Å². The number of nitrogen functional groups attached to an aromatic ring is 1. The van der Waals surface area contributed by atoms with Gasteiger partial charge >= 0.3 is 0 Å². The van der Waals surface area contributed by atoms with Gasteiger partial charge in [0.1, 0.15) is 11.3 Å². The summed E-state index contributed by atoms with van der Waals surface area (Å²) < 4.78 is 13.3. The van der Waals surface area contributed by atoms with Gasteiger partial charge in [0.05, 0.1) is 5.02 Å². The van der Waals surface area contributed by atoms with Gasteiger partial charge in [0, 0.05) is 5.39 Å². The largest absolute Gasteiger partial charge is 0.384 e. The summed E-state index contributed by atoms with van der Waals surface area (Å²) in [4.78, 5) is 3.85. The molecule has 0 aliphatic rings. The van der Waals surface area contributed by atoms with Crippen LogP contribution in [-0.4, -0.2) is 4.98 Å². The molecule has 0 amide bonds. The summed E-state index contributed by atoms with van der Waals surface area (Å²) in [5.74, 6) is -0.236. The highest BCUT2D eigenvalue weighted by atomic mass is 35.5. The second-order valence-corrected chi connectivity index (χ2v) is 3.08. The van der Waals surface area contributed by atoms with Crippen molar-refractivity contribution in [3.8, 4) is 0 Å². The number of anilines is 1. The Morgan fingerprint density at radius 1 is 1.23 bits per heavy atom. The van der Waals surface area contributed by atoms with E-state index in [4.69, 9.17) is 17.3 Å². The first kappa shape index (κ1) is 8.26. The summed E-state index contributed by atoms with van der Waals surface area (Å²) in [5, 5.41) is 0.752. The summed E-state index contributed by atoms with van der Waals surface area (Å²) in [6, 6.07) is 6.52. The molecule has 1 aromatic carbocycles. The number of halogens is 2. The second-order valence-electron chi connectivity index (χ2n) is 2.67. The molecule has 2 rings (SSSR count). The number of aromatic nitrogens is 1. The van der Waals surface area contributed by atoms with Crippen molar-refractivity contribution in [2.45, 2.75) is 0 Å². The Morgan fingerprint density at radius 2 is 1.92 bits per heavy atom. The minimum Gasteiger partial charge on any atom is -0.384 e. The Kier molecular flexibility index (Phi) is 1.81. The molecule has 0 unspecified atom stereocenters. The van der Waals surface area contributed by atoms with E-state index < -0.39 is 5.82 Å². The van der Waals surface area contributed by atoms with Gasteiger partial charge in [-0.3, -0.25) is 0 Å². The van der Waals surface area contributed by atoms with Crippen LogP contribution in [0.4, 0.5) is 10.2 Å². The molecule has 1 aromatic heterocycles. The van der Waals surface area contributed by atoms with Gasteiger partial charge in [-0.1, -0.05) is 17.7 Å².